The van der Waals surface area contributed by atoms with Crippen LogP contribution in [0.1, 0.15) is 255 Å². The van der Waals surface area contributed by atoms with Gasteiger partial charge in [0.25, 0.3) is 5.82 Å². The average molecular weight is 782 g/mol. The lowest BCUT2D eigenvalue weighted by Gasteiger charge is -2.12. The van der Waals surface area contributed by atoms with Crippen molar-refractivity contribution in [2.24, 2.45) is 0 Å². The van der Waals surface area contributed by atoms with Crippen LogP contribution in [0.2, 0.25) is 0 Å². The summed E-state index contributed by atoms with van der Waals surface area (Å²) in [7, 11) is 0. The van der Waals surface area contributed by atoms with Crippen LogP contribution in [0, 0.1) is 0 Å². The van der Waals surface area contributed by atoms with E-state index >= 15 is 0 Å². The number of imidazole rings is 1. The first kappa shape index (κ1) is 49.0. The first-order valence-electron chi connectivity index (χ1n) is 25.4. The van der Waals surface area contributed by atoms with Crippen molar-refractivity contribution in [3.8, 4) is 0 Å². The topological polar surface area (TPSA) is 8.81 Å². The van der Waals surface area contributed by atoms with E-state index in [1.165, 1.54) is 228 Å². The van der Waals surface area contributed by atoms with Gasteiger partial charge in [0.05, 0.1) is 19.5 Å². The Kier molecular flexibility index (Phi) is 29.7. The first-order chi connectivity index (χ1) is 28.2. The number of rotatable bonds is 39. The van der Waals surface area contributed by atoms with Crippen LogP contribution in [0.4, 0.5) is 0 Å². The third kappa shape index (κ3) is 23.7. The molecule has 3 rings (SSSR count). The van der Waals surface area contributed by atoms with Crippen molar-refractivity contribution in [2.45, 2.75) is 258 Å². The molecule has 322 valence electrons. The summed E-state index contributed by atoms with van der Waals surface area (Å²) in [6, 6.07) is 22.5. The molecule has 0 saturated heterocycles. The highest BCUT2D eigenvalue weighted by molar-refractivity contribution is 5.21. The van der Waals surface area contributed by atoms with Crippen LogP contribution in [-0.2, 0) is 25.9 Å². The van der Waals surface area contributed by atoms with E-state index in [0.717, 1.165) is 25.9 Å². The zero-order valence-electron chi connectivity index (χ0n) is 38.3. The maximum atomic E-state index is 2.77. The Balaban J connectivity index is 1.44. The Hall–Kier alpha value is -2.35. The number of nitrogens with zero attached hydrogens (tertiary/aromatic N) is 2. The molecule has 57 heavy (non-hydrogen) atoms. The Morgan fingerprint density at radius 3 is 1.23 bits per heavy atom. The van der Waals surface area contributed by atoms with Crippen LogP contribution < -0.4 is 4.57 Å². The fraction of sp³-hybridized carbons (Fsp3) is 0.727. The molecule has 1 unspecified atom stereocenters. The van der Waals surface area contributed by atoms with Gasteiger partial charge in [-0.05, 0) is 42.7 Å². The fourth-order valence-corrected chi connectivity index (χ4v) is 9.11. The third-order valence-electron chi connectivity index (χ3n) is 12.9. The van der Waals surface area contributed by atoms with Crippen molar-refractivity contribution in [1.29, 1.82) is 0 Å². The van der Waals surface area contributed by atoms with Crippen LogP contribution in [-0.4, -0.2) is 4.57 Å². The summed E-state index contributed by atoms with van der Waals surface area (Å²) < 4.78 is 5.44. The summed E-state index contributed by atoms with van der Waals surface area (Å²) in [6.07, 6.45) is 50.2. The highest BCUT2D eigenvalue weighted by Crippen LogP contribution is 2.22. The normalized spacial score (nSPS) is 12.1. The molecule has 1 heterocycles. The molecule has 0 saturated carbocycles. The molecule has 0 N–H and O–H groups in total. The van der Waals surface area contributed by atoms with Gasteiger partial charge in [-0.3, -0.25) is 0 Å². The highest BCUT2D eigenvalue weighted by atomic mass is 15.2. The van der Waals surface area contributed by atoms with E-state index in [-0.39, 0.29) is 0 Å². The summed E-state index contributed by atoms with van der Waals surface area (Å²) in [4.78, 5) is 0. The molecule has 2 heteroatoms. The minimum Gasteiger partial charge on any atom is -0.234 e. The van der Waals surface area contributed by atoms with E-state index in [0.29, 0.717) is 5.92 Å². The van der Waals surface area contributed by atoms with Crippen molar-refractivity contribution >= 4 is 0 Å². The van der Waals surface area contributed by atoms with Crippen molar-refractivity contribution in [1.82, 2.24) is 4.57 Å². The van der Waals surface area contributed by atoms with Crippen LogP contribution in [0.3, 0.4) is 0 Å². The minimum atomic E-state index is 0.513. The molecule has 0 fully saturated rings. The number of aromatic nitrogens is 2. The molecule has 0 bridgehead atoms. The largest absolute Gasteiger partial charge is 0.261 e. The van der Waals surface area contributed by atoms with Crippen LogP contribution >= 0.6 is 0 Å². The van der Waals surface area contributed by atoms with E-state index in [2.05, 4.69) is 96.8 Å². The number of hydrogen-bond donors (Lipinski definition) is 0. The van der Waals surface area contributed by atoms with Crippen molar-refractivity contribution < 1.29 is 4.57 Å². The monoisotopic (exact) mass is 782 g/mol. The molecule has 0 aliphatic carbocycles. The quantitative estimate of drug-likeness (QED) is 0.0403. The van der Waals surface area contributed by atoms with Crippen LogP contribution in [0.15, 0.2) is 66.9 Å². The molecule has 2 aromatic carbocycles. The SMILES string of the molecule is CCCCCCCCCCCCCCCCCCCn1cc(CC(C)c2ccccc2)[n+](CCCCCCCCCCCCCCCCC)c1Cc1ccccc1. The van der Waals surface area contributed by atoms with Crippen molar-refractivity contribution in [3.63, 3.8) is 0 Å². The van der Waals surface area contributed by atoms with Gasteiger partial charge in [0.1, 0.15) is 11.9 Å². The number of benzene rings is 2. The van der Waals surface area contributed by atoms with Gasteiger partial charge < -0.3 is 0 Å². The number of hydrogen-bond acceptors (Lipinski definition) is 0. The van der Waals surface area contributed by atoms with E-state index in [4.69, 9.17) is 0 Å². The molecule has 1 aromatic heterocycles. The van der Waals surface area contributed by atoms with Gasteiger partial charge >= 0.3 is 0 Å². The molecular formula is C55H93N2+. The second-order valence-corrected chi connectivity index (χ2v) is 18.2. The van der Waals surface area contributed by atoms with E-state index in [1.807, 2.05) is 0 Å². The lowest BCUT2D eigenvalue weighted by atomic mass is 9.96. The Bertz CT molecular complexity index is 1290. The summed E-state index contributed by atoms with van der Waals surface area (Å²) >= 11 is 0. The summed E-state index contributed by atoms with van der Waals surface area (Å²) in [5.74, 6) is 2.04. The van der Waals surface area contributed by atoms with Gasteiger partial charge in [0, 0.05) is 6.42 Å². The Labute approximate surface area is 355 Å². The Morgan fingerprint density at radius 2 is 0.807 bits per heavy atom. The predicted molar refractivity (Wildman–Crippen MR) is 252 cm³/mol. The first-order valence-corrected chi connectivity index (χ1v) is 25.4. The maximum absolute atomic E-state index is 2.77. The van der Waals surface area contributed by atoms with Crippen LogP contribution in [0.5, 0.6) is 0 Å². The standard InChI is InChI=1S/C55H93N2/c1-4-6-8-10-12-14-16-18-20-21-23-24-26-28-30-32-40-46-56-50-54(48-51(3)53-44-38-35-39-45-53)57(55(56)49-52-42-36-34-37-43-52)47-41-33-31-29-27-25-22-19-17-15-13-11-9-7-5-2/h34-39,42-45,50-51H,4-33,40-41,46-49H2,1-3H3/q+1. The molecule has 0 spiro atoms. The maximum Gasteiger partial charge on any atom is 0.261 e. The minimum absolute atomic E-state index is 0.513. The smallest absolute Gasteiger partial charge is 0.234 e. The van der Waals surface area contributed by atoms with Gasteiger partial charge in [0.15, 0.2) is 0 Å². The van der Waals surface area contributed by atoms with Gasteiger partial charge in [-0.25, -0.2) is 9.13 Å². The zero-order chi connectivity index (χ0) is 40.3. The number of unbranched alkanes of at least 4 members (excludes halogenated alkanes) is 30. The molecule has 3 aromatic rings. The van der Waals surface area contributed by atoms with Crippen LogP contribution in [0.25, 0.3) is 0 Å². The van der Waals surface area contributed by atoms with Gasteiger partial charge in [0.2, 0.25) is 0 Å². The second kappa shape index (κ2) is 34.5. The summed E-state index contributed by atoms with van der Waals surface area (Å²) in [5, 5.41) is 0. The average Bonchev–Trinajstić information content (AvgIpc) is 3.55. The van der Waals surface area contributed by atoms with E-state index in [1.54, 1.807) is 0 Å². The lowest BCUT2D eigenvalue weighted by Crippen LogP contribution is -2.41. The molecule has 2 nitrogen and oxygen atoms in total. The van der Waals surface area contributed by atoms with Gasteiger partial charge in [-0.1, -0.05) is 261 Å². The Morgan fingerprint density at radius 1 is 0.439 bits per heavy atom. The summed E-state index contributed by atoms with van der Waals surface area (Å²) in [5.41, 5.74) is 4.43. The molecular weight excluding hydrogens is 689 g/mol. The van der Waals surface area contributed by atoms with E-state index in [9.17, 15) is 0 Å². The van der Waals surface area contributed by atoms with Crippen molar-refractivity contribution in [2.75, 3.05) is 0 Å². The molecule has 1 atom stereocenters. The van der Waals surface area contributed by atoms with E-state index < -0.39 is 0 Å². The predicted octanol–water partition coefficient (Wildman–Crippen LogP) is 17.2. The highest BCUT2D eigenvalue weighted by Gasteiger charge is 2.25. The second-order valence-electron chi connectivity index (χ2n) is 18.2. The molecule has 0 radical (unpaired) electrons. The number of aryl methyl sites for hydroxylation is 1. The molecule has 0 aliphatic heterocycles. The molecule has 0 amide bonds. The van der Waals surface area contributed by atoms with Gasteiger partial charge in [-0.15, -0.1) is 0 Å². The third-order valence-corrected chi connectivity index (χ3v) is 12.9. The molecule has 0 aliphatic rings. The summed E-state index contributed by atoms with van der Waals surface area (Å²) in [6.45, 7) is 9.36. The van der Waals surface area contributed by atoms with Crippen molar-refractivity contribution in [3.05, 3.63) is 89.5 Å². The lowest BCUT2D eigenvalue weighted by molar-refractivity contribution is -0.710. The van der Waals surface area contributed by atoms with Gasteiger partial charge in [-0.2, -0.15) is 0 Å². The fourth-order valence-electron chi connectivity index (χ4n) is 9.11. The zero-order valence-corrected chi connectivity index (χ0v) is 38.3.